The highest BCUT2D eigenvalue weighted by molar-refractivity contribution is 14.1. The van der Waals surface area contributed by atoms with E-state index in [0.717, 1.165) is 17.9 Å². The number of hydrogen-bond acceptors (Lipinski definition) is 1. The van der Waals surface area contributed by atoms with E-state index in [4.69, 9.17) is 0 Å². The third-order valence-electron chi connectivity index (χ3n) is 5.72. The van der Waals surface area contributed by atoms with Crippen LogP contribution in [0.5, 0.6) is 0 Å². The van der Waals surface area contributed by atoms with Gasteiger partial charge in [-0.05, 0) is 61.3 Å². The number of carbonyl (C=O) groups excluding carboxylic acids is 1. The highest BCUT2D eigenvalue weighted by Crippen LogP contribution is 2.52. The maximum absolute atomic E-state index is 13.5. The molecule has 0 aromatic heterocycles. The summed E-state index contributed by atoms with van der Waals surface area (Å²) < 4.78 is 13.9. The third-order valence-corrected chi connectivity index (χ3v) is 7.57. The van der Waals surface area contributed by atoms with Crippen molar-refractivity contribution in [1.82, 2.24) is 0 Å². The van der Waals surface area contributed by atoms with Crippen molar-refractivity contribution in [2.45, 2.75) is 62.5 Å². The SMILES string of the molecule is CCC(=O)C1=C[C@H](C2CC2)C(C2=CC[C@H](F)CC2)[C@H](I)[C@@H]1C. The predicted molar refractivity (Wildman–Crippen MR) is 96.9 cm³/mol. The molecule has 0 aromatic carbocycles. The van der Waals surface area contributed by atoms with E-state index in [2.05, 4.69) is 41.7 Å². The van der Waals surface area contributed by atoms with Crippen molar-refractivity contribution in [2.75, 3.05) is 0 Å². The van der Waals surface area contributed by atoms with Crippen molar-refractivity contribution in [3.05, 3.63) is 23.3 Å². The molecular weight excluding hydrogens is 390 g/mol. The van der Waals surface area contributed by atoms with Gasteiger partial charge in [0, 0.05) is 10.3 Å². The van der Waals surface area contributed by atoms with Gasteiger partial charge in [-0.15, -0.1) is 0 Å². The predicted octanol–water partition coefficient (Wildman–Crippen LogP) is 5.44. The van der Waals surface area contributed by atoms with E-state index in [1.807, 2.05) is 6.92 Å². The molecule has 0 heterocycles. The molecule has 3 aliphatic carbocycles. The molecule has 122 valence electrons. The fourth-order valence-electron chi connectivity index (χ4n) is 4.20. The number of ketones is 1. The number of allylic oxidation sites excluding steroid dienone is 4. The average molecular weight is 416 g/mol. The van der Waals surface area contributed by atoms with Gasteiger partial charge in [-0.25, -0.2) is 4.39 Å². The zero-order valence-electron chi connectivity index (χ0n) is 13.5. The van der Waals surface area contributed by atoms with Crippen LogP contribution < -0.4 is 0 Å². The van der Waals surface area contributed by atoms with Gasteiger partial charge in [0.2, 0.25) is 0 Å². The zero-order chi connectivity index (χ0) is 15.9. The molecule has 0 aromatic rings. The van der Waals surface area contributed by atoms with Crippen LogP contribution >= 0.6 is 22.6 Å². The number of halogens is 2. The van der Waals surface area contributed by atoms with Crippen LogP contribution in [0.3, 0.4) is 0 Å². The van der Waals surface area contributed by atoms with Gasteiger partial charge >= 0.3 is 0 Å². The van der Waals surface area contributed by atoms with E-state index in [1.165, 1.54) is 18.4 Å². The first kappa shape index (κ1) is 16.7. The second kappa shape index (κ2) is 6.74. The number of rotatable bonds is 4. The topological polar surface area (TPSA) is 17.1 Å². The molecule has 5 atom stereocenters. The smallest absolute Gasteiger partial charge is 0.158 e. The summed E-state index contributed by atoms with van der Waals surface area (Å²) >= 11 is 2.57. The molecule has 0 bridgehead atoms. The van der Waals surface area contributed by atoms with Gasteiger partial charge in [-0.3, -0.25) is 4.79 Å². The normalized spacial score (nSPS) is 39.2. The lowest BCUT2D eigenvalue weighted by atomic mass is 9.68. The van der Waals surface area contributed by atoms with Gasteiger partial charge in [0.15, 0.2) is 5.78 Å². The minimum absolute atomic E-state index is 0.317. The Labute approximate surface area is 147 Å². The van der Waals surface area contributed by atoms with Crippen molar-refractivity contribution >= 4 is 28.4 Å². The Hall–Kier alpha value is -0.190. The summed E-state index contributed by atoms with van der Waals surface area (Å²) in [5, 5.41) is 0. The minimum Gasteiger partial charge on any atom is -0.295 e. The number of carbonyl (C=O) groups is 1. The van der Waals surface area contributed by atoms with Gasteiger partial charge < -0.3 is 0 Å². The fraction of sp³-hybridized carbons (Fsp3) is 0.737. The summed E-state index contributed by atoms with van der Waals surface area (Å²) in [4.78, 5) is 12.3. The molecule has 3 aliphatic rings. The molecule has 1 fully saturated rings. The Morgan fingerprint density at radius 3 is 2.64 bits per heavy atom. The molecule has 0 aliphatic heterocycles. The Bertz CT molecular complexity index is 506. The lowest BCUT2D eigenvalue weighted by molar-refractivity contribution is -0.115. The maximum Gasteiger partial charge on any atom is 0.158 e. The van der Waals surface area contributed by atoms with Gasteiger partial charge in [0.05, 0.1) is 0 Å². The highest BCUT2D eigenvalue weighted by Gasteiger charge is 2.45. The summed E-state index contributed by atoms with van der Waals surface area (Å²) in [6.45, 7) is 4.16. The van der Waals surface area contributed by atoms with Crippen molar-refractivity contribution in [1.29, 1.82) is 0 Å². The van der Waals surface area contributed by atoms with Crippen molar-refractivity contribution in [2.24, 2.45) is 23.7 Å². The van der Waals surface area contributed by atoms with E-state index in [0.29, 0.717) is 46.7 Å². The summed E-state index contributed by atoms with van der Waals surface area (Å²) in [7, 11) is 0. The van der Waals surface area contributed by atoms with Crippen LogP contribution in [0.4, 0.5) is 4.39 Å². The third kappa shape index (κ3) is 3.20. The van der Waals surface area contributed by atoms with E-state index in [1.54, 1.807) is 0 Å². The van der Waals surface area contributed by atoms with E-state index >= 15 is 0 Å². The molecule has 0 radical (unpaired) electrons. The van der Waals surface area contributed by atoms with Crippen molar-refractivity contribution in [3.63, 3.8) is 0 Å². The Kier molecular flexibility index (Phi) is 5.10. The molecular formula is C19H26FIO. The summed E-state index contributed by atoms with van der Waals surface area (Å²) in [5.74, 6) is 2.41. The lowest BCUT2D eigenvalue weighted by Gasteiger charge is -2.41. The number of alkyl halides is 2. The molecule has 3 rings (SSSR count). The van der Waals surface area contributed by atoms with Crippen LogP contribution in [0.1, 0.15) is 52.4 Å². The zero-order valence-corrected chi connectivity index (χ0v) is 15.7. The molecule has 22 heavy (non-hydrogen) atoms. The van der Waals surface area contributed by atoms with Crippen LogP contribution in [0.2, 0.25) is 0 Å². The summed E-state index contributed by atoms with van der Waals surface area (Å²) in [6, 6.07) is 0. The second-order valence-electron chi connectivity index (χ2n) is 7.22. The average Bonchev–Trinajstić information content (AvgIpc) is 3.35. The first-order chi connectivity index (χ1) is 10.5. The Morgan fingerprint density at radius 2 is 2.09 bits per heavy atom. The van der Waals surface area contributed by atoms with Crippen LogP contribution in [0, 0.1) is 23.7 Å². The number of hydrogen-bond donors (Lipinski definition) is 0. The first-order valence-electron chi connectivity index (χ1n) is 8.74. The molecule has 0 spiro atoms. The van der Waals surface area contributed by atoms with Gasteiger partial charge in [-0.2, -0.15) is 0 Å². The fourth-order valence-corrected chi connectivity index (χ4v) is 5.52. The van der Waals surface area contributed by atoms with Gasteiger partial charge in [0.1, 0.15) is 6.17 Å². The largest absolute Gasteiger partial charge is 0.295 e. The molecule has 1 nitrogen and oxygen atoms in total. The standard InChI is InChI=1S/C19H26FIO/c1-3-17(22)15-10-16(12-4-5-12)18(19(21)11(15)2)13-6-8-14(20)9-7-13/h6,10-12,14,16,18-19H,3-5,7-9H2,1-2H3/t11-,14+,16-,18?,19-/m1/s1. The quantitative estimate of drug-likeness (QED) is 0.339. The Balaban J connectivity index is 1.92. The lowest BCUT2D eigenvalue weighted by Crippen LogP contribution is -2.38. The summed E-state index contributed by atoms with van der Waals surface area (Å²) in [5.41, 5.74) is 2.53. The van der Waals surface area contributed by atoms with E-state index < -0.39 is 6.17 Å². The van der Waals surface area contributed by atoms with Crippen molar-refractivity contribution in [3.8, 4) is 0 Å². The molecule has 1 unspecified atom stereocenters. The minimum atomic E-state index is -0.649. The molecule has 1 saturated carbocycles. The first-order valence-corrected chi connectivity index (χ1v) is 9.99. The van der Waals surface area contributed by atoms with Gasteiger partial charge in [-0.1, -0.05) is 54.2 Å². The number of Topliss-reactive ketones (excluding diaryl/α,β-unsaturated/α-hetero) is 1. The van der Waals surface area contributed by atoms with Crippen LogP contribution in [-0.4, -0.2) is 15.9 Å². The molecule has 0 amide bonds. The van der Waals surface area contributed by atoms with Gasteiger partial charge in [0.25, 0.3) is 0 Å². The molecule has 0 N–H and O–H groups in total. The second-order valence-corrected chi connectivity index (χ2v) is 8.66. The van der Waals surface area contributed by atoms with E-state index in [-0.39, 0.29) is 0 Å². The maximum atomic E-state index is 13.5. The van der Waals surface area contributed by atoms with E-state index in [9.17, 15) is 9.18 Å². The monoisotopic (exact) mass is 416 g/mol. The molecule has 3 heteroatoms. The van der Waals surface area contributed by atoms with Crippen LogP contribution in [0.15, 0.2) is 23.3 Å². The van der Waals surface area contributed by atoms with Crippen LogP contribution in [-0.2, 0) is 4.79 Å². The summed E-state index contributed by atoms with van der Waals surface area (Å²) in [6.07, 6.45) is 9.21. The van der Waals surface area contributed by atoms with Crippen molar-refractivity contribution < 1.29 is 9.18 Å². The highest BCUT2D eigenvalue weighted by atomic mass is 127. The molecule has 0 saturated heterocycles. The van der Waals surface area contributed by atoms with Crippen LogP contribution in [0.25, 0.3) is 0 Å². The Morgan fingerprint density at radius 1 is 1.36 bits per heavy atom.